The van der Waals surface area contributed by atoms with Crippen LogP contribution in [0.4, 0.5) is 0 Å². The van der Waals surface area contributed by atoms with Crippen LogP contribution in [0.5, 0.6) is 0 Å². The van der Waals surface area contributed by atoms with Gasteiger partial charge in [-0.2, -0.15) is 0 Å². The molecule has 0 spiro atoms. The summed E-state index contributed by atoms with van der Waals surface area (Å²) in [6.07, 6.45) is 6.62. The number of rotatable bonds is 8. The summed E-state index contributed by atoms with van der Waals surface area (Å²) < 4.78 is 16.8. The molecule has 60 heavy (non-hydrogen) atoms. The quantitative estimate of drug-likeness (QED) is 0.142. The summed E-state index contributed by atoms with van der Waals surface area (Å²) in [5.74, 6) is -2.19. The van der Waals surface area contributed by atoms with Crippen LogP contribution in [0, 0.1) is 13.8 Å². The number of para-hydroxylation sites is 2. The number of pyridine rings is 2. The molecule has 0 aliphatic heterocycles. The van der Waals surface area contributed by atoms with Gasteiger partial charge in [0, 0.05) is 54.0 Å². The second-order valence-electron chi connectivity index (χ2n) is 17.1. The standard InChI is InChI=1S/C23H25NO3S.C17H21NO3.C8H8O2S/c1-13-19(21(22(25)26)27-23(2,3)4)20(15-9-5-6-10-16(15)24-13)18-12-14-8-7-11-17(14)28-18;1-11-12-8-6-7-9-14(12)18-10-13(11)15(16(19)20-5)21-17(2,3)4;9-8(10)7-4-5-2-1-3-6(5)11-7/h5-6,9-10,12,21H,7-8,11H2,1-4H3,(H,25,26);6-10,15H,1-5H3;4H,1-3H2,(H,9,10)/t21-;15-;/m00./s1. The summed E-state index contributed by atoms with van der Waals surface area (Å²) in [5, 5.41) is 20.7. The number of ether oxygens (including phenoxy) is 3. The number of aromatic carboxylic acids is 1. The minimum absolute atomic E-state index is 0.412. The first-order valence-corrected chi connectivity index (χ1v) is 21.8. The predicted octanol–water partition coefficient (Wildman–Crippen LogP) is 11.2. The summed E-state index contributed by atoms with van der Waals surface area (Å²) in [7, 11) is 1.37. The van der Waals surface area contributed by atoms with Crippen molar-refractivity contribution in [2.45, 2.75) is 117 Å². The smallest absolute Gasteiger partial charge is 0.345 e. The third-order valence-corrected chi connectivity index (χ3v) is 12.8. The van der Waals surface area contributed by atoms with Gasteiger partial charge < -0.3 is 24.4 Å². The summed E-state index contributed by atoms with van der Waals surface area (Å²) >= 11 is 3.21. The van der Waals surface area contributed by atoms with Crippen molar-refractivity contribution in [3.63, 3.8) is 0 Å². The predicted molar refractivity (Wildman–Crippen MR) is 238 cm³/mol. The number of hydrogen-bond donors (Lipinski definition) is 2. The van der Waals surface area contributed by atoms with Gasteiger partial charge in [0.1, 0.15) is 4.88 Å². The molecule has 0 amide bonds. The number of carboxylic acid groups (broad SMARTS) is 2. The molecule has 12 heteroatoms. The maximum absolute atomic E-state index is 12.2. The Morgan fingerprint density at radius 1 is 0.733 bits per heavy atom. The number of carbonyl (C=O) groups excluding carboxylic acids is 1. The third-order valence-electron chi connectivity index (χ3n) is 10.3. The fourth-order valence-electron chi connectivity index (χ4n) is 7.67. The number of nitrogens with zero attached hydrogens (tertiary/aromatic N) is 2. The van der Waals surface area contributed by atoms with Crippen LogP contribution < -0.4 is 0 Å². The minimum Gasteiger partial charge on any atom is -0.479 e. The number of aliphatic carboxylic acids is 1. The Morgan fingerprint density at radius 2 is 1.30 bits per heavy atom. The molecule has 0 saturated heterocycles. The van der Waals surface area contributed by atoms with Gasteiger partial charge in [-0.3, -0.25) is 9.97 Å². The molecule has 0 bridgehead atoms. The van der Waals surface area contributed by atoms with E-state index in [1.54, 1.807) is 17.5 Å². The van der Waals surface area contributed by atoms with Crippen molar-refractivity contribution in [2.24, 2.45) is 0 Å². The van der Waals surface area contributed by atoms with Crippen molar-refractivity contribution in [3.05, 3.63) is 115 Å². The first-order chi connectivity index (χ1) is 28.3. The summed E-state index contributed by atoms with van der Waals surface area (Å²) in [5.41, 5.74) is 7.45. The molecule has 0 fully saturated rings. The molecule has 8 rings (SSSR count). The molecule has 0 saturated carbocycles. The van der Waals surface area contributed by atoms with E-state index in [2.05, 4.69) is 11.1 Å². The Kier molecular flexibility index (Phi) is 13.6. The van der Waals surface area contributed by atoms with Crippen molar-refractivity contribution < 1.29 is 38.8 Å². The largest absolute Gasteiger partial charge is 0.479 e. The highest BCUT2D eigenvalue weighted by atomic mass is 32.1. The van der Waals surface area contributed by atoms with Crippen LogP contribution in [0.15, 0.2) is 66.9 Å². The molecule has 2 atom stereocenters. The molecule has 0 unspecified atom stereocenters. The SMILES string of the molecule is COC(=O)[C@@H](OC(C)(C)C)c1cnc2ccccc2c1C.Cc1nc2ccccc2c(-c2cc3c(s2)CCC3)c1[C@H](OC(C)(C)C)C(=O)O.O=C(O)c1cc2c(s1)CCC2. The normalized spacial score (nSPS) is 14.3. The molecule has 2 aliphatic carbocycles. The second-order valence-corrected chi connectivity index (χ2v) is 19.3. The van der Waals surface area contributed by atoms with Crippen molar-refractivity contribution in [1.82, 2.24) is 9.97 Å². The molecule has 316 valence electrons. The zero-order valence-corrected chi connectivity index (χ0v) is 37.4. The fraction of sp³-hybridized carbons (Fsp3) is 0.396. The molecule has 0 radical (unpaired) electrons. The molecular formula is C48H54N2O8S2. The molecule has 4 aromatic heterocycles. The van der Waals surface area contributed by atoms with Crippen LogP contribution in [-0.2, 0) is 49.5 Å². The Hall–Kier alpha value is -5.01. The number of methoxy groups -OCH3 is 1. The van der Waals surface area contributed by atoms with Gasteiger partial charge in [0.2, 0.25) is 0 Å². The maximum atomic E-state index is 12.2. The van der Waals surface area contributed by atoms with Gasteiger partial charge in [-0.1, -0.05) is 36.4 Å². The number of aryl methyl sites for hydroxylation is 6. The Morgan fingerprint density at radius 3 is 1.87 bits per heavy atom. The van der Waals surface area contributed by atoms with E-state index in [1.807, 2.05) is 110 Å². The Bertz CT molecular complexity index is 2500. The topological polar surface area (TPSA) is 145 Å². The lowest BCUT2D eigenvalue weighted by molar-refractivity contribution is -0.164. The summed E-state index contributed by atoms with van der Waals surface area (Å²) in [6, 6.07) is 19.9. The van der Waals surface area contributed by atoms with Crippen molar-refractivity contribution in [2.75, 3.05) is 7.11 Å². The average molecular weight is 851 g/mol. The van der Waals surface area contributed by atoms with E-state index in [0.29, 0.717) is 16.1 Å². The minimum atomic E-state index is -1.07. The number of esters is 1. The van der Waals surface area contributed by atoms with E-state index in [9.17, 15) is 19.5 Å². The Balaban J connectivity index is 0.000000165. The van der Waals surface area contributed by atoms with E-state index >= 15 is 0 Å². The highest BCUT2D eigenvalue weighted by Crippen LogP contribution is 2.44. The Labute approximate surface area is 359 Å². The fourth-order valence-corrected chi connectivity index (χ4v) is 10.1. The number of thiophene rings is 2. The van der Waals surface area contributed by atoms with E-state index in [4.69, 9.17) is 24.3 Å². The van der Waals surface area contributed by atoms with Gasteiger partial charge >= 0.3 is 17.9 Å². The van der Waals surface area contributed by atoms with Crippen LogP contribution in [0.1, 0.15) is 120 Å². The maximum Gasteiger partial charge on any atom is 0.345 e. The van der Waals surface area contributed by atoms with Crippen LogP contribution >= 0.6 is 22.7 Å². The van der Waals surface area contributed by atoms with Gasteiger partial charge in [-0.05, 0) is 135 Å². The lowest BCUT2D eigenvalue weighted by Crippen LogP contribution is -2.28. The summed E-state index contributed by atoms with van der Waals surface area (Å²) in [4.78, 5) is 48.3. The molecule has 6 aromatic rings. The molecule has 2 N–H and O–H groups in total. The number of aromatic nitrogens is 2. The van der Waals surface area contributed by atoms with Gasteiger partial charge in [0.05, 0.1) is 29.3 Å². The zero-order valence-electron chi connectivity index (χ0n) is 35.8. The second kappa shape index (κ2) is 18.3. The number of benzene rings is 2. The molecule has 4 heterocycles. The lowest BCUT2D eigenvalue weighted by Gasteiger charge is -2.27. The van der Waals surface area contributed by atoms with E-state index in [1.165, 1.54) is 52.2 Å². The van der Waals surface area contributed by atoms with Crippen LogP contribution in [0.2, 0.25) is 0 Å². The van der Waals surface area contributed by atoms with Crippen molar-refractivity contribution in [3.8, 4) is 10.4 Å². The van der Waals surface area contributed by atoms with E-state index in [0.717, 1.165) is 69.1 Å². The molecule has 2 aliphatic rings. The number of hydrogen-bond acceptors (Lipinski definition) is 10. The lowest BCUT2D eigenvalue weighted by atomic mass is 9.94. The number of carboxylic acids is 2. The molecule has 2 aromatic carbocycles. The number of fused-ring (bicyclic) bond motifs is 4. The highest BCUT2D eigenvalue weighted by molar-refractivity contribution is 7.15. The van der Waals surface area contributed by atoms with Crippen molar-refractivity contribution in [1.29, 1.82) is 0 Å². The van der Waals surface area contributed by atoms with Gasteiger partial charge in [-0.15, -0.1) is 22.7 Å². The first-order valence-electron chi connectivity index (χ1n) is 20.2. The van der Waals surface area contributed by atoms with Crippen LogP contribution in [0.3, 0.4) is 0 Å². The third kappa shape index (κ3) is 10.3. The van der Waals surface area contributed by atoms with Crippen LogP contribution in [-0.4, -0.2) is 56.4 Å². The average Bonchev–Trinajstić information content (AvgIpc) is 3.99. The highest BCUT2D eigenvalue weighted by Gasteiger charge is 2.33. The number of carbonyl (C=O) groups is 3. The van der Waals surface area contributed by atoms with Gasteiger partial charge in [-0.25, -0.2) is 14.4 Å². The van der Waals surface area contributed by atoms with Crippen molar-refractivity contribution >= 4 is 62.4 Å². The van der Waals surface area contributed by atoms with E-state index in [-0.39, 0.29) is 0 Å². The van der Waals surface area contributed by atoms with Gasteiger partial charge in [0.15, 0.2) is 12.2 Å². The zero-order chi connectivity index (χ0) is 43.5. The first kappa shape index (κ1) is 44.5. The monoisotopic (exact) mass is 850 g/mol. The van der Waals surface area contributed by atoms with Crippen LogP contribution in [0.25, 0.3) is 32.2 Å². The molecule has 10 nitrogen and oxygen atoms in total. The molecular weight excluding hydrogens is 797 g/mol. The van der Waals surface area contributed by atoms with E-state index < -0.39 is 41.3 Å². The van der Waals surface area contributed by atoms with Gasteiger partial charge in [0.25, 0.3) is 0 Å². The summed E-state index contributed by atoms with van der Waals surface area (Å²) in [6.45, 7) is 15.2.